The van der Waals surface area contributed by atoms with Gasteiger partial charge in [-0.15, -0.1) is 0 Å². The van der Waals surface area contributed by atoms with Gasteiger partial charge in [0.15, 0.2) is 12.4 Å². The average Bonchev–Trinajstić information content (AvgIpc) is 3.38. The highest BCUT2D eigenvalue weighted by atomic mass is 35.5. The maximum atomic E-state index is 13.0. The minimum Gasteiger partial charge on any atom is -0.452 e. The molecule has 0 aliphatic heterocycles. The quantitative estimate of drug-likeness (QED) is 0.159. The zero-order valence-corrected chi connectivity index (χ0v) is 22.2. The zero-order chi connectivity index (χ0) is 28.8. The third kappa shape index (κ3) is 5.93. The Labute approximate surface area is 240 Å². The Hall–Kier alpha value is -5.45. The Morgan fingerprint density at radius 1 is 0.780 bits per heavy atom. The summed E-state index contributed by atoms with van der Waals surface area (Å²) in [5, 5.41) is 13.0. The van der Waals surface area contributed by atoms with Crippen LogP contribution >= 0.6 is 11.6 Å². The summed E-state index contributed by atoms with van der Waals surface area (Å²) in [5.41, 5.74) is 2.59. The van der Waals surface area contributed by atoms with Crippen LogP contribution in [-0.4, -0.2) is 24.3 Å². The molecule has 1 heterocycles. The number of hydrogen-bond acceptors (Lipinski definition) is 6. The lowest BCUT2D eigenvalue weighted by Gasteiger charge is -2.09. The van der Waals surface area contributed by atoms with E-state index in [0.29, 0.717) is 21.9 Å². The SMILES string of the molecule is N#Cc1c(NC(=O)COC(=O)c2ccccc2C(=O)c2ccc(Cl)cc2)oc(-c2ccccc2)c1-c1ccccc1. The zero-order valence-electron chi connectivity index (χ0n) is 21.5. The van der Waals surface area contributed by atoms with Gasteiger partial charge >= 0.3 is 5.97 Å². The van der Waals surface area contributed by atoms with E-state index in [1.807, 2.05) is 60.7 Å². The number of amides is 1. The number of esters is 1. The summed E-state index contributed by atoms with van der Waals surface area (Å²) in [6, 6.07) is 33.0. The van der Waals surface area contributed by atoms with Crippen molar-refractivity contribution >= 4 is 35.1 Å². The van der Waals surface area contributed by atoms with Gasteiger partial charge in [0.2, 0.25) is 5.88 Å². The van der Waals surface area contributed by atoms with E-state index >= 15 is 0 Å². The van der Waals surface area contributed by atoms with E-state index in [4.69, 9.17) is 20.8 Å². The number of furan rings is 1. The van der Waals surface area contributed by atoms with Crippen molar-refractivity contribution in [3.63, 3.8) is 0 Å². The highest BCUT2D eigenvalue weighted by molar-refractivity contribution is 6.30. The molecule has 41 heavy (non-hydrogen) atoms. The summed E-state index contributed by atoms with van der Waals surface area (Å²) in [7, 11) is 0. The molecule has 0 atom stereocenters. The number of nitriles is 1. The number of nitrogens with zero attached hydrogens (tertiary/aromatic N) is 1. The van der Waals surface area contributed by atoms with E-state index in [1.165, 1.54) is 12.1 Å². The highest BCUT2D eigenvalue weighted by Crippen LogP contribution is 2.41. The van der Waals surface area contributed by atoms with Crippen LogP contribution in [0.1, 0.15) is 31.8 Å². The Morgan fingerprint density at radius 2 is 1.37 bits per heavy atom. The van der Waals surface area contributed by atoms with Crippen LogP contribution in [0.3, 0.4) is 0 Å². The molecule has 200 valence electrons. The molecular formula is C33H21ClN2O5. The Kier molecular flexibility index (Phi) is 8.05. The summed E-state index contributed by atoms with van der Waals surface area (Å²) in [5.74, 6) is -1.62. The first-order valence-corrected chi connectivity index (χ1v) is 12.9. The number of carbonyl (C=O) groups is 3. The van der Waals surface area contributed by atoms with Gasteiger partial charge in [-0.3, -0.25) is 14.9 Å². The van der Waals surface area contributed by atoms with E-state index in [9.17, 15) is 19.6 Å². The first kappa shape index (κ1) is 27.1. The van der Waals surface area contributed by atoms with E-state index in [-0.39, 0.29) is 22.6 Å². The van der Waals surface area contributed by atoms with E-state index in [2.05, 4.69) is 11.4 Å². The summed E-state index contributed by atoms with van der Waals surface area (Å²) in [6.07, 6.45) is 0. The molecule has 0 radical (unpaired) electrons. The van der Waals surface area contributed by atoms with Crippen LogP contribution in [0, 0.1) is 11.3 Å². The standard InChI is InChI=1S/C33H21ClN2O5/c34-24-17-15-22(16-18-24)30(38)25-13-7-8-14-26(25)33(39)40-20-28(37)36-32-27(19-35)29(21-9-3-1-4-10-21)31(41-32)23-11-5-2-6-12-23/h1-18H,20H2,(H,36,37). The Bertz CT molecular complexity index is 1770. The molecule has 0 aliphatic rings. The fraction of sp³-hybridized carbons (Fsp3) is 0.0303. The summed E-state index contributed by atoms with van der Waals surface area (Å²) in [4.78, 5) is 38.8. The number of nitrogens with one attached hydrogen (secondary N) is 1. The third-order valence-electron chi connectivity index (χ3n) is 6.20. The van der Waals surface area contributed by atoms with Gasteiger partial charge in [-0.05, 0) is 35.9 Å². The minimum absolute atomic E-state index is 0.00805. The minimum atomic E-state index is -0.854. The summed E-state index contributed by atoms with van der Waals surface area (Å²) in [6.45, 7) is -0.671. The largest absolute Gasteiger partial charge is 0.452 e. The van der Waals surface area contributed by atoms with Gasteiger partial charge in [0, 0.05) is 27.3 Å². The van der Waals surface area contributed by atoms with Crippen molar-refractivity contribution in [1.29, 1.82) is 5.26 Å². The number of halogens is 1. The van der Waals surface area contributed by atoms with Crippen LogP contribution in [0.4, 0.5) is 5.88 Å². The van der Waals surface area contributed by atoms with Gasteiger partial charge in [-0.25, -0.2) is 4.79 Å². The van der Waals surface area contributed by atoms with Crippen molar-refractivity contribution in [3.8, 4) is 28.5 Å². The fourth-order valence-corrected chi connectivity index (χ4v) is 4.41. The maximum absolute atomic E-state index is 13.0. The predicted molar refractivity (Wildman–Crippen MR) is 155 cm³/mol. The predicted octanol–water partition coefficient (Wildman–Crippen LogP) is 7.17. The number of anilines is 1. The fourth-order valence-electron chi connectivity index (χ4n) is 4.29. The van der Waals surface area contributed by atoms with Crippen LogP contribution in [-0.2, 0) is 9.53 Å². The third-order valence-corrected chi connectivity index (χ3v) is 6.46. The molecule has 0 unspecified atom stereocenters. The van der Waals surface area contributed by atoms with Gasteiger partial charge in [0.05, 0.1) is 5.56 Å². The molecule has 1 amide bonds. The molecule has 8 heteroatoms. The lowest BCUT2D eigenvalue weighted by molar-refractivity contribution is -0.119. The molecule has 0 spiro atoms. The van der Waals surface area contributed by atoms with Crippen LogP contribution in [0.5, 0.6) is 0 Å². The number of carbonyl (C=O) groups excluding carboxylic acids is 3. The first-order chi connectivity index (χ1) is 20.0. The maximum Gasteiger partial charge on any atom is 0.339 e. The monoisotopic (exact) mass is 560 g/mol. The van der Waals surface area contributed by atoms with E-state index in [1.54, 1.807) is 36.4 Å². The van der Waals surface area contributed by atoms with E-state index in [0.717, 1.165) is 11.1 Å². The number of rotatable bonds is 8. The molecule has 5 aromatic rings. The molecule has 1 N–H and O–H groups in total. The number of ketones is 1. The first-order valence-electron chi connectivity index (χ1n) is 12.5. The number of benzene rings is 4. The van der Waals surface area contributed by atoms with Crippen molar-refractivity contribution in [2.45, 2.75) is 0 Å². The van der Waals surface area contributed by atoms with Crippen molar-refractivity contribution in [2.75, 3.05) is 11.9 Å². The summed E-state index contributed by atoms with van der Waals surface area (Å²) >= 11 is 5.92. The van der Waals surface area contributed by atoms with Gasteiger partial charge in [-0.2, -0.15) is 5.26 Å². The molecule has 5 rings (SSSR count). The van der Waals surface area contributed by atoms with Crippen molar-refractivity contribution in [1.82, 2.24) is 0 Å². The molecular weight excluding hydrogens is 540 g/mol. The van der Waals surface area contributed by atoms with Gasteiger partial charge < -0.3 is 9.15 Å². The Morgan fingerprint density at radius 3 is 2.00 bits per heavy atom. The van der Waals surface area contributed by atoms with E-state index < -0.39 is 24.3 Å². The Balaban J connectivity index is 1.36. The molecule has 0 fully saturated rings. The molecule has 1 aromatic heterocycles. The molecule has 0 saturated carbocycles. The molecule has 7 nitrogen and oxygen atoms in total. The van der Waals surface area contributed by atoms with Gasteiger partial charge in [0.1, 0.15) is 17.4 Å². The molecule has 0 aliphatic carbocycles. The van der Waals surface area contributed by atoms with Crippen molar-refractivity contribution < 1.29 is 23.5 Å². The van der Waals surface area contributed by atoms with Gasteiger partial charge in [-0.1, -0.05) is 90.5 Å². The molecule has 4 aromatic carbocycles. The van der Waals surface area contributed by atoms with Gasteiger partial charge in [0.25, 0.3) is 5.91 Å². The lowest BCUT2D eigenvalue weighted by atomic mass is 9.98. The number of ether oxygens (including phenoxy) is 1. The molecule has 0 bridgehead atoms. The second-order valence-corrected chi connectivity index (χ2v) is 9.30. The summed E-state index contributed by atoms with van der Waals surface area (Å²) < 4.78 is 11.2. The normalized spacial score (nSPS) is 10.4. The highest BCUT2D eigenvalue weighted by Gasteiger charge is 2.25. The number of hydrogen-bond donors (Lipinski definition) is 1. The van der Waals surface area contributed by atoms with Crippen LogP contribution < -0.4 is 5.32 Å². The topological polar surface area (TPSA) is 109 Å². The van der Waals surface area contributed by atoms with Crippen molar-refractivity contribution in [3.05, 3.63) is 136 Å². The van der Waals surface area contributed by atoms with Crippen LogP contribution in [0.25, 0.3) is 22.5 Å². The second-order valence-electron chi connectivity index (χ2n) is 8.86. The second kappa shape index (κ2) is 12.2. The molecule has 0 saturated heterocycles. The van der Waals surface area contributed by atoms with Crippen LogP contribution in [0.15, 0.2) is 114 Å². The lowest BCUT2D eigenvalue weighted by Crippen LogP contribution is -2.22. The smallest absolute Gasteiger partial charge is 0.339 e. The average molecular weight is 561 g/mol. The van der Waals surface area contributed by atoms with Crippen LogP contribution in [0.2, 0.25) is 5.02 Å². The van der Waals surface area contributed by atoms with Crippen molar-refractivity contribution in [2.24, 2.45) is 0 Å².